The third kappa shape index (κ3) is 4.51. The Morgan fingerprint density at radius 2 is 2.17 bits per heavy atom. The Morgan fingerprint density at radius 1 is 1.35 bits per heavy atom. The standard InChI is InChI=1S/C17H22N4OS/c1-13-20-15(12-23-13)10-17(22)19-11-14-5-6-18-16(9-14)21-7-3-2-4-8-21/h5-6,9,12H,2-4,7-8,10-11H2,1H3,(H,19,22). The van der Waals surface area contributed by atoms with Crippen LogP contribution in [-0.2, 0) is 17.8 Å². The first kappa shape index (κ1) is 15.9. The van der Waals surface area contributed by atoms with E-state index in [1.165, 1.54) is 19.3 Å². The molecule has 1 aliphatic rings. The molecule has 3 rings (SSSR count). The topological polar surface area (TPSA) is 58.1 Å². The lowest BCUT2D eigenvalue weighted by Gasteiger charge is -2.27. The summed E-state index contributed by atoms with van der Waals surface area (Å²) in [6.07, 6.45) is 5.94. The Morgan fingerprint density at radius 3 is 2.91 bits per heavy atom. The lowest BCUT2D eigenvalue weighted by atomic mass is 10.1. The maximum Gasteiger partial charge on any atom is 0.226 e. The molecule has 1 saturated heterocycles. The lowest BCUT2D eigenvalue weighted by molar-refractivity contribution is -0.120. The number of aromatic nitrogens is 2. The van der Waals surface area contributed by atoms with E-state index in [4.69, 9.17) is 0 Å². The van der Waals surface area contributed by atoms with Gasteiger partial charge in [0.05, 0.1) is 17.1 Å². The number of thiazole rings is 1. The molecule has 0 atom stereocenters. The fourth-order valence-corrected chi connectivity index (χ4v) is 3.40. The molecule has 2 aromatic rings. The second-order valence-corrected chi connectivity index (χ2v) is 6.94. The smallest absolute Gasteiger partial charge is 0.226 e. The highest BCUT2D eigenvalue weighted by Gasteiger charge is 2.12. The van der Waals surface area contributed by atoms with Crippen LogP contribution in [-0.4, -0.2) is 29.0 Å². The molecular formula is C17H22N4OS. The Bertz CT molecular complexity index is 664. The maximum atomic E-state index is 12.0. The van der Waals surface area contributed by atoms with Crippen molar-refractivity contribution in [3.05, 3.63) is 40.0 Å². The van der Waals surface area contributed by atoms with Crippen molar-refractivity contribution in [3.8, 4) is 0 Å². The van der Waals surface area contributed by atoms with E-state index in [0.717, 1.165) is 35.2 Å². The summed E-state index contributed by atoms with van der Waals surface area (Å²) in [4.78, 5) is 23.1. The molecule has 5 nitrogen and oxygen atoms in total. The van der Waals surface area contributed by atoms with Crippen molar-refractivity contribution in [1.82, 2.24) is 15.3 Å². The summed E-state index contributed by atoms with van der Waals surface area (Å²) in [6.45, 7) is 4.63. The Labute approximate surface area is 140 Å². The summed E-state index contributed by atoms with van der Waals surface area (Å²) >= 11 is 1.57. The Hall–Kier alpha value is -1.95. The van der Waals surface area contributed by atoms with E-state index < -0.39 is 0 Å². The number of pyridine rings is 1. The van der Waals surface area contributed by atoms with Gasteiger partial charge in [0.1, 0.15) is 5.82 Å². The van der Waals surface area contributed by atoms with Crippen molar-refractivity contribution in [3.63, 3.8) is 0 Å². The summed E-state index contributed by atoms with van der Waals surface area (Å²) < 4.78 is 0. The van der Waals surface area contributed by atoms with Crippen molar-refractivity contribution < 1.29 is 4.79 Å². The summed E-state index contributed by atoms with van der Waals surface area (Å²) in [5, 5.41) is 5.90. The number of hydrogen-bond donors (Lipinski definition) is 1. The van der Waals surface area contributed by atoms with E-state index in [1.54, 1.807) is 11.3 Å². The lowest BCUT2D eigenvalue weighted by Crippen LogP contribution is -2.30. The van der Waals surface area contributed by atoms with Crippen molar-refractivity contribution in [2.24, 2.45) is 0 Å². The van der Waals surface area contributed by atoms with Crippen molar-refractivity contribution in [2.45, 2.75) is 39.2 Å². The van der Waals surface area contributed by atoms with Crippen molar-refractivity contribution >= 4 is 23.1 Å². The highest BCUT2D eigenvalue weighted by molar-refractivity contribution is 7.09. The normalized spacial score (nSPS) is 14.7. The monoisotopic (exact) mass is 330 g/mol. The first-order valence-electron chi connectivity index (χ1n) is 8.08. The van der Waals surface area contributed by atoms with Crippen LogP contribution in [0, 0.1) is 6.92 Å². The number of aryl methyl sites for hydroxylation is 1. The summed E-state index contributed by atoms with van der Waals surface area (Å²) in [5.41, 5.74) is 1.93. The molecule has 3 heterocycles. The minimum absolute atomic E-state index is 0.00614. The van der Waals surface area contributed by atoms with E-state index in [1.807, 2.05) is 24.6 Å². The molecule has 23 heavy (non-hydrogen) atoms. The molecule has 1 fully saturated rings. The predicted octanol–water partition coefficient (Wildman–Crippen LogP) is 2.70. The van der Waals surface area contributed by atoms with E-state index >= 15 is 0 Å². The van der Waals surface area contributed by atoms with Gasteiger partial charge in [0.2, 0.25) is 5.91 Å². The minimum atomic E-state index is 0.00614. The number of hydrogen-bond acceptors (Lipinski definition) is 5. The number of anilines is 1. The number of carbonyl (C=O) groups excluding carboxylic acids is 1. The molecular weight excluding hydrogens is 308 g/mol. The molecule has 0 radical (unpaired) electrons. The fourth-order valence-electron chi connectivity index (χ4n) is 2.78. The molecule has 0 aliphatic carbocycles. The predicted molar refractivity (Wildman–Crippen MR) is 92.7 cm³/mol. The largest absolute Gasteiger partial charge is 0.357 e. The van der Waals surface area contributed by atoms with Gasteiger partial charge in [0.15, 0.2) is 0 Å². The van der Waals surface area contributed by atoms with Gasteiger partial charge in [-0.3, -0.25) is 4.79 Å². The molecule has 0 unspecified atom stereocenters. The van der Waals surface area contributed by atoms with Crippen molar-refractivity contribution in [2.75, 3.05) is 18.0 Å². The van der Waals surface area contributed by atoms with E-state index in [0.29, 0.717) is 13.0 Å². The molecule has 0 bridgehead atoms. The SMILES string of the molecule is Cc1nc(CC(=O)NCc2ccnc(N3CCCCC3)c2)cs1. The molecule has 0 aromatic carbocycles. The Balaban J connectivity index is 1.54. The third-order valence-electron chi connectivity index (χ3n) is 3.99. The third-order valence-corrected chi connectivity index (χ3v) is 4.81. The molecule has 1 aliphatic heterocycles. The van der Waals surface area contributed by atoms with Gasteiger partial charge >= 0.3 is 0 Å². The second-order valence-electron chi connectivity index (χ2n) is 5.88. The average Bonchev–Trinajstić information content (AvgIpc) is 2.99. The van der Waals surface area contributed by atoms with Crippen LogP contribution in [0.2, 0.25) is 0 Å². The van der Waals surface area contributed by atoms with Gasteiger partial charge in [-0.25, -0.2) is 9.97 Å². The molecule has 2 aromatic heterocycles. The zero-order valence-electron chi connectivity index (χ0n) is 13.4. The van der Waals surface area contributed by atoms with Crippen LogP contribution < -0.4 is 10.2 Å². The van der Waals surface area contributed by atoms with Crippen molar-refractivity contribution in [1.29, 1.82) is 0 Å². The highest BCUT2D eigenvalue weighted by atomic mass is 32.1. The molecule has 1 N–H and O–H groups in total. The van der Waals surface area contributed by atoms with Gasteiger partial charge in [0.25, 0.3) is 0 Å². The first-order valence-corrected chi connectivity index (χ1v) is 8.96. The van der Waals surface area contributed by atoms with Crippen LogP contribution in [0.1, 0.15) is 35.5 Å². The van der Waals surface area contributed by atoms with E-state index in [-0.39, 0.29) is 5.91 Å². The fraction of sp³-hybridized carbons (Fsp3) is 0.471. The van der Waals surface area contributed by atoms with Crippen LogP contribution in [0.3, 0.4) is 0 Å². The van der Waals surface area contributed by atoms with E-state index in [2.05, 4.69) is 26.3 Å². The van der Waals surface area contributed by atoms with Crippen LogP contribution in [0.5, 0.6) is 0 Å². The first-order chi connectivity index (χ1) is 11.2. The maximum absolute atomic E-state index is 12.0. The number of amides is 1. The van der Waals surface area contributed by atoms with Gasteiger partial charge in [-0.15, -0.1) is 11.3 Å². The molecule has 122 valence electrons. The average molecular weight is 330 g/mol. The van der Waals surface area contributed by atoms with Crippen LogP contribution in [0.25, 0.3) is 0 Å². The molecule has 1 amide bonds. The van der Waals surface area contributed by atoms with Gasteiger partial charge in [-0.2, -0.15) is 0 Å². The van der Waals surface area contributed by atoms with Crippen LogP contribution in [0.15, 0.2) is 23.7 Å². The molecule has 0 spiro atoms. The number of carbonyl (C=O) groups is 1. The summed E-state index contributed by atoms with van der Waals surface area (Å²) in [7, 11) is 0. The zero-order chi connectivity index (χ0) is 16.1. The van der Waals surface area contributed by atoms with Gasteiger partial charge in [-0.05, 0) is 43.9 Å². The number of nitrogens with one attached hydrogen (secondary N) is 1. The highest BCUT2D eigenvalue weighted by Crippen LogP contribution is 2.18. The van der Waals surface area contributed by atoms with Crippen LogP contribution in [0.4, 0.5) is 5.82 Å². The minimum Gasteiger partial charge on any atom is -0.357 e. The quantitative estimate of drug-likeness (QED) is 0.916. The van der Waals surface area contributed by atoms with Gasteiger partial charge in [0, 0.05) is 31.2 Å². The summed E-state index contributed by atoms with van der Waals surface area (Å²) in [6, 6.07) is 4.04. The summed E-state index contributed by atoms with van der Waals surface area (Å²) in [5.74, 6) is 1.03. The van der Waals surface area contributed by atoms with E-state index in [9.17, 15) is 4.79 Å². The zero-order valence-corrected chi connectivity index (χ0v) is 14.2. The number of rotatable bonds is 5. The second kappa shape index (κ2) is 7.55. The number of nitrogens with zero attached hydrogens (tertiary/aromatic N) is 3. The number of piperidine rings is 1. The molecule has 6 heteroatoms. The van der Waals surface area contributed by atoms with Gasteiger partial charge in [-0.1, -0.05) is 0 Å². The van der Waals surface area contributed by atoms with Crippen LogP contribution >= 0.6 is 11.3 Å². The Kier molecular flexibility index (Phi) is 5.23. The molecule has 0 saturated carbocycles. The van der Waals surface area contributed by atoms with Gasteiger partial charge < -0.3 is 10.2 Å².